The van der Waals surface area contributed by atoms with Gasteiger partial charge in [0.25, 0.3) is 0 Å². The molecule has 106 valence electrons. The summed E-state index contributed by atoms with van der Waals surface area (Å²) in [5.41, 5.74) is 0. The van der Waals surface area contributed by atoms with Gasteiger partial charge in [-0.3, -0.25) is 0 Å². The summed E-state index contributed by atoms with van der Waals surface area (Å²) in [6, 6.07) is 7.84. The predicted molar refractivity (Wildman–Crippen MR) is 78.5 cm³/mol. The Balaban J connectivity index is 2.26. The van der Waals surface area contributed by atoms with E-state index in [1.54, 1.807) is 24.3 Å². The molecule has 0 aliphatic heterocycles. The largest absolute Gasteiger partial charge is 0.368 e. The fourth-order valence-electron chi connectivity index (χ4n) is 1.53. The molecule has 0 atom stereocenters. The second kappa shape index (κ2) is 6.90. The predicted octanol–water partition coefficient (Wildman–Crippen LogP) is 4.99. The molecule has 0 spiro atoms. The molecule has 0 bridgehead atoms. The average molecular weight is 315 g/mol. The van der Waals surface area contributed by atoms with Crippen molar-refractivity contribution in [2.24, 2.45) is 0 Å². The van der Waals surface area contributed by atoms with Gasteiger partial charge in [0.2, 0.25) is 0 Å². The lowest BCUT2D eigenvalue weighted by Gasteiger charge is -2.09. The van der Waals surface area contributed by atoms with E-state index in [0.717, 1.165) is 29.1 Å². The lowest BCUT2D eigenvalue weighted by atomic mass is 10.4. The molecule has 1 aromatic carbocycles. The normalized spacial score (nSPS) is 10.6. The molecular formula is C14H13ClF2N2S. The summed E-state index contributed by atoms with van der Waals surface area (Å²) in [5, 5.41) is 3.51. The topological polar surface area (TPSA) is 24.9 Å². The van der Waals surface area contributed by atoms with Crippen LogP contribution in [0.1, 0.15) is 13.3 Å². The van der Waals surface area contributed by atoms with Crippen molar-refractivity contribution in [3.63, 3.8) is 0 Å². The minimum atomic E-state index is -0.689. The number of benzene rings is 1. The molecule has 0 aliphatic carbocycles. The van der Waals surface area contributed by atoms with Gasteiger partial charge in [-0.1, -0.05) is 36.4 Å². The van der Waals surface area contributed by atoms with Crippen molar-refractivity contribution >= 4 is 29.2 Å². The molecule has 0 unspecified atom stereocenters. The number of anilines is 1. The van der Waals surface area contributed by atoms with E-state index >= 15 is 0 Å². The Kier molecular flexibility index (Phi) is 5.20. The van der Waals surface area contributed by atoms with Crippen LogP contribution in [0.2, 0.25) is 5.02 Å². The van der Waals surface area contributed by atoms with Crippen molar-refractivity contribution in [2.75, 3.05) is 11.9 Å². The maximum atomic E-state index is 13.8. The Hall–Kier alpha value is -1.33. The van der Waals surface area contributed by atoms with Gasteiger partial charge in [-0.2, -0.15) is 0 Å². The van der Waals surface area contributed by atoms with Crippen LogP contribution in [-0.2, 0) is 0 Å². The average Bonchev–Trinajstić information content (AvgIpc) is 2.40. The highest BCUT2D eigenvalue weighted by atomic mass is 35.5. The Morgan fingerprint density at radius 3 is 2.75 bits per heavy atom. The molecule has 1 N–H and O–H groups in total. The van der Waals surface area contributed by atoms with Crippen molar-refractivity contribution in [1.82, 2.24) is 4.98 Å². The first-order valence-electron chi connectivity index (χ1n) is 6.13. The Labute approximate surface area is 125 Å². The van der Waals surface area contributed by atoms with E-state index in [4.69, 9.17) is 11.6 Å². The molecule has 0 fully saturated rings. The fourth-order valence-corrected chi connectivity index (χ4v) is 2.63. The summed E-state index contributed by atoms with van der Waals surface area (Å²) in [5.74, 6) is -1.31. The van der Waals surface area contributed by atoms with Gasteiger partial charge in [-0.25, -0.2) is 13.8 Å². The van der Waals surface area contributed by atoms with Crippen molar-refractivity contribution in [1.29, 1.82) is 0 Å². The first-order valence-corrected chi connectivity index (χ1v) is 7.33. The summed E-state index contributed by atoms with van der Waals surface area (Å²) in [4.78, 5) is 4.74. The second-order valence-corrected chi connectivity index (χ2v) is 5.59. The second-order valence-electron chi connectivity index (χ2n) is 4.09. The van der Waals surface area contributed by atoms with Crippen molar-refractivity contribution in [3.8, 4) is 0 Å². The van der Waals surface area contributed by atoms with Crippen LogP contribution >= 0.6 is 23.4 Å². The molecule has 2 rings (SSSR count). The number of nitrogens with one attached hydrogen (secondary N) is 1. The quantitative estimate of drug-likeness (QED) is 0.842. The number of pyridine rings is 1. The summed E-state index contributed by atoms with van der Waals surface area (Å²) in [7, 11) is 0. The summed E-state index contributed by atoms with van der Waals surface area (Å²) in [6.07, 6.45) is 0.829. The van der Waals surface area contributed by atoms with Gasteiger partial charge >= 0.3 is 0 Å². The number of halogens is 3. The van der Waals surface area contributed by atoms with E-state index in [9.17, 15) is 8.78 Å². The number of hydrogen-bond acceptors (Lipinski definition) is 3. The van der Waals surface area contributed by atoms with Crippen LogP contribution in [0.4, 0.5) is 14.6 Å². The summed E-state index contributed by atoms with van der Waals surface area (Å²) >= 11 is 6.98. The minimum absolute atomic E-state index is 0.0674. The fraction of sp³-hybridized carbons (Fsp3) is 0.214. The lowest BCUT2D eigenvalue weighted by molar-refractivity contribution is 0.551. The molecule has 1 heterocycles. The highest BCUT2D eigenvalue weighted by Gasteiger charge is 2.13. The van der Waals surface area contributed by atoms with Gasteiger partial charge in [0.15, 0.2) is 17.5 Å². The molecule has 2 nitrogen and oxygen atoms in total. The third-order valence-corrected chi connectivity index (χ3v) is 3.65. The van der Waals surface area contributed by atoms with Crippen LogP contribution in [0.15, 0.2) is 40.3 Å². The maximum Gasteiger partial charge on any atom is 0.168 e. The smallest absolute Gasteiger partial charge is 0.168 e. The number of aromatic nitrogens is 1. The van der Waals surface area contributed by atoms with Gasteiger partial charge < -0.3 is 5.32 Å². The van der Waals surface area contributed by atoms with E-state index in [1.807, 2.05) is 6.92 Å². The Morgan fingerprint density at radius 2 is 2.05 bits per heavy atom. The van der Waals surface area contributed by atoms with Gasteiger partial charge in [0.05, 0.1) is 0 Å². The van der Waals surface area contributed by atoms with E-state index in [-0.39, 0.29) is 10.8 Å². The molecule has 0 aliphatic rings. The molecule has 0 saturated heterocycles. The zero-order valence-electron chi connectivity index (χ0n) is 10.8. The van der Waals surface area contributed by atoms with Crippen LogP contribution in [0.5, 0.6) is 0 Å². The van der Waals surface area contributed by atoms with Gasteiger partial charge in [-0.05, 0) is 24.6 Å². The monoisotopic (exact) mass is 314 g/mol. The number of hydrogen-bond donors (Lipinski definition) is 1. The van der Waals surface area contributed by atoms with Crippen LogP contribution in [-0.4, -0.2) is 11.5 Å². The maximum absolute atomic E-state index is 13.8. The van der Waals surface area contributed by atoms with Crippen LogP contribution in [0, 0.1) is 11.6 Å². The van der Waals surface area contributed by atoms with Crippen molar-refractivity contribution in [3.05, 3.63) is 47.0 Å². The highest BCUT2D eigenvalue weighted by Crippen LogP contribution is 2.31. The van der Waals surface area contributed by atoms with E-state index in [1.165, 1.54) is 0 Å². The summed E-state index contributed by atoms with van der Waals surface area (Å²) < 4.78 is 27.3. The standard InChI is InChI=1S/C14H13ClF2N2S/c1-2-6-18-13-11(16)8-12(17)14(19-13)20-10-5-3-4-9(15)7-10/h3-5,7-8H,2,6H2,1H3,(H,18,19). The molecule has 6 heteroatoms. The van der Waals surface area contributed by atoms with Gasteiger partial charge in [0, 0.05) is 22.5 Å². The van der Waals surface area contributed by atoms with E-state index in [2.05, 4.69) is 10.3 Å². The molecule has 0 saturated carbocycles. The summed E-state index contributed by atoms with van der Waals surface area (Å²) in [6.45, 7) is 2.53. The third kappa shape index (κ3) is 3.84. The molecule has 20 heavy (non-hydrogen) atoms. The zero-order chi connectivity index (χ0) is 14.5. The number of nitrogens with zero attached hydrogens (tertiary/aromatic N) is 1. The molecule has 2 aromatic rings. The van der Waals surface area contributed by atoms with Crippen molar-refractivity contribution in [2.45, 2.75) is 23.3 Å². The van der Waals surface area contributed by atoms with Gasteiger partial charge in [0.1, 0.15) is 5.03 Å². The third-order valence-electron chi connectivity index (χ3n) is 2.45. The van der Waals surface area contributed by atoms with Crippen molar-refractivity contribution < 1.29 is 8.78 Å². The first kappa shape index (κ1) is 15.1. The zero-order valence-corrected chi connectivity index (χ0v) is 12.4. The Morgan fingerprint density at radius 1 is 1.25 bits per heavy atom. The van der Waals surface area contributed by atoms with E-state index < -0.39 is 11.6 Å². The Bertz CT molecular complexity index is 608. The minimum Gasteiger partial charge on any atom is -0.368 e. The first-order chi connectivity index (χ1) is 9.60. The molecule has 0 amide bonds. The lowest BCUT2D eigenvalue weighted by Crippen LogP contribution is -2.06. The highest BCUT2D eigenvalue weighted by molar-refractivity contribution is 7.99. The van der Waals surface area contributed by atoms with E-state index in [0.29, 0.717) is 11.6 Å². The van der Waals surface area contributed by atoms with Crippen LogP contribution in [0.25, 0.3) is 0 Å². The molecule has 0 radical (unpaired) electrons. The SMILES string of the molecule is CCCNc1nc(Sc2cccc(Cl)c2)c(F)cc1F. The van der Waals surface area contributed by atoms with Gasteiger partial charge in [-0.15, -0.1) is 0 Å². The number of rotatable bonds is 5. The molecular weight excluding hydrogens is 302 g/mol. The molecule has 1 aromatic heterocycles. The van der Waals surface area contributed by atoms with Crippen LogP contribution < -0.4 is 5.32 Å². The van der Waals surface area contributed by atoms with Crippen LogP contribution in [0.3, 0.4) is 0 Å².